The van der Waals surface area contributed by atoms with Crippen LogP contribution >= 0.6 is 11.3 Å². The van der Waals surface area contributed by atoms with Crippen molar-refractivity contribution in [3.8, 4) is 10.7 Å². The number of fused-ring (bicyclic) bond motifs is 2. The molecule has 3 aromatic heterocycles. The summed E-state index contributed by atoms with van der Waals surface area (Å²) in [5, 5.41) is 10.8. The van der Waals surface area contributed by atoms with Gasteiger partial charge < -0.3 is 5.32 Å². The molecule has 0 unspecified atom stereocenters. The monoisotopic (exact) mass is 417 g/mol. The molecule has 0 bridgehead atoms. The molecule has 3 heterocycles. The van der Waals surface area contributed by atoms with Gasteiger partial charge >= 0.3 is 0 Å². The number of rotatable bonds is 4. The molecule has 1 aliphatic carbocycles. The van der Waals surface area contributed by atoms with Crippen LogP contribution in [0, 0.1) is 0 Å². The van der Waals surface area contributed by atoms with Crippen LogP contribution in [-0.2, 0) is 6.54 Å². The Morgan fingerprint density at radius 1 is 1.10 bits per heavy atom. The van der Waals surface area contributed by atoms with Crippen LogP contribution in [-0.4, -0.2) is 19.6 Å². The van der Waals surface area contributed by atoms with Gasteiger partial charge in [0.25, 0.3) is 11.3 Å². The maximum atomic E-state index is 12.5. The van der Waals surface area contributed by atoms with Crippen molar-refractivity contribution in [3.05, 3.63) is 86.1 Å². The lowest BCUT2D eigenvalue weighted by molar-refractivity contribution is 0.791. The van der Waals surface area contributed by atoms with E-state index < -0.39 is 0 Å². The van der Waals surface area contributed by atoms with Gasteiger partial charge in [0.15, 0.2) is 5.82 Å². The molecule has 6 nitrogen and oxygen atoms in total. The van der Waals surface area contributed by atoms with Gasteiger partial charge in [0, 0.05) is 11.8 Å². The number of hydrogen-bond donors (Lipinski definition) is 2. The number of thiophene rings is 1. The summed E-state index contributed by atoms with van der Waals surface area (Å²) in [7, 11) is 0. The number of allylic oxidation sites excluding steroid dienone is 2. The number of H-pyrrole nitrogens is 1. The van der Waals surface area contributed by atoms with Crippen LogP contribution in [0.1, 0.15) is 26.0 Å². The van der Waals surface area contributed by atoms with E-state index in [1.165, 1.54) is 21.0 Å². The smallest absolute Gasteiger partial charge is 0.274 e. The molecule has 0 radical (unpaired) electrons. The first-order chi connectivity index (χ1) is 14.8. The quantitative estimate of drug-likeness (QED) is 0.535. The number of hydrogen-bond acceptors (Lipinski definition) is 5. The van der Waals surface area contributed by atoms with E-state index in [2.05, 4.69) is 50.7 Å². The number of aromatic nitrogens is 4. The van der Waals surface area contributed by atoms with Gasteiger partial charge in [-0.2, -0.15) is 9.50 Å². The Labute approximate surface area is 177 Å². The molecule has 1 aliphatic rings. The molecule has 4 aromatic rings. The summed E-state index contributed by atoms with van der Waals surface area (Å²) >= 11 is 1.56. The SMILES string of the molecule is CC.O=c1cc(CNC2=CCC=c3ccccc3=C2)nc2nc(-c3cccs3)[nH]n12. The Hall–Kier alpha value is -3.45. The predicted octanol–water partition coefficient (Wildman–Crippen LogP) is 2.81. The van der Waals surface area contributed by atoms with Crippen molar-refractivity contribution in [2.45, 2.75) is 26.8 Å². The molecule has 0 saturated heterocycles. The molecular formula is C23H23N5OS. The summed E-state index contributed by atoms with van der Waals surface area (Å²) in [5.41, 5.74) is 1.50. The Bertz CT molecular complexity index is 1360. The molecule has 0 aliphatic heterocycles. The van der Waals surface area contributed by atoms with E-state index in [0.29, 0.717) is 23.8 Å². The highest BCUT2D eigenvalue weighted by atomic mass is 32.1. The first-order valence-corrected chi connectivity index (χ1v) is 10.9. The summed E-state index contributed by atoms with van der Waals surface area (Å²) in [6.07, 6.45) is 7.31. The number of nitrogens with zero attached hydrogens (tertiary/aromatic N) is 3. The third kappa shape index (κ3) is 4.11. The van der Waals surface area contributed by atoms with E-state index >= 15 is 0 Å². The summed E-state index contributed by atoms with van der Waals surface area (Å²) < 4.78 is 1.38. The molecule has 0 spiro atoms. The Morgan fingerprint density at radius 3 is 2.73 bits per heavy atom. The molecule has 0 fully saturated rings. The largest absolute Gasteiger partial charge is 0.380 e. The molecule has 1 aromatic carbocycles. The van der Waals surface area contributed by atoms with Gasteiger partial charge in [-0.05, 0) is 34.4 Å². The third-order valence-corrected chi connectivity index (χ3v) is 5.47. The zero-order valence-corrected chi connectivity index (χ0v) is 17.7. The molecule has 7 heteroatoms. The van der Waals surface area contributed by atoms with Crippen LogP contribution in [0.25, 0.3) is 28.6 Å². The van der Waals surface area contributed by atoms with Crippen molar-refractivity contribution >= 4 is 29.3 Å². The number of aromatic amines is 1. The highest BCUT2D eigenvalue weighted by Gasteiger charge is 2.10. The second kappa shape index (κ2) is 8.92. The molecular weight excluding hydrogens is 394 g/mol. The van der Waals surface area contributed by atoms with Crippen molar-refractivity contribution in [1.82, 2.24) is 24.9 Å². The average molecular weight is 418 g/mol. The second-order valence-electron chi connectivity index (χ2n) is 6.50. The maximum absolute atomic E-state index is 12.5. The minimum Gasteiger partial charge on any atom is -0.380 e. The lowest BCUT2D eigenvalue weighted by Crippen LogP contribution is -2.24. The zero-order chi connectivity index (χ0) is 20.9. The lowest BCUT2D eigenvalue weighted by Gasteiger charge is -2.06. The van der Waals surface area contributed by atoms with E-state index in [1.54, 1.807) is 11.3 Å². The third-order valence-electron chi connectivity index (χ3n) is 4.59. The Morgan fingerprint density at radius 2 is 1.93 bits per heavy atom. The Kier molecular flexibility index (Phi) is 5.90. The molecule has 30 heavy (non-hydrogen) atoms. The topological polar surface area (TPSA) is 75.1 Å². The van der Waals surface area contributed by atoms with Gasteiger partial charge in [-0.15, -0.1) is 11.3 Å². The molecule has 152 valence electrons. The standard InChI is InChI=1S/C21H17N5OS.C2H6/c27-19-12-17(23-21-24-20(25-26(19)21)18-9-4-10-28-18)13-22-16-8-3-7-14-5-1-2-6-15(14)11-16;1-2/h1-2,4-12,22H,3,13H2,(H,23,24,25);1-2H3. The van der Waals surface area contributed by atoms with E-state index in [0.717, 1.165) is 17.0 Å². The fraction of sp³-hybridized carbons (Fsp3) is 0.174. The van der Waals surface area contributed by atoms with E-state index in [9.17, 15) is 4.79 Å². The minimum atomic E-state index is -0.172. The van der Waals surface area contributed by atoms with Crippen LogP contribution in [0.2, 0.25) is 0 Å². The minimum absolute atomic E-state index is 0.172. The van der Waals surface area contributed by atoms with Gasteiger partial charge in [0.05, 0.1) is 17.1 Å². The van der Waals surface area contributed by atoms with E-state index in [-0.39, 0.29) is 5.56 Å². The van der Waals surface area contributed by atoms with Crippen molar-refractivity contribution in [3.63, 3.8) is 0 Å². The normalized spacial score (nSPS) is 12.5. The molecule has 0 atom stereocenters. The van der Waals surface area contributed by atoms with Crippen molar-refractivity contribution < 1.29 is 0 Å². The predicted molar refractivity (Wildman–Crippen MR) is 122 cm³/mol. The van der Waals surface area contributed by atoms with Gasteiger partial charge in [0.2, 0.25) is 0 Å². The molecule has 5 rings (SSSR count). The van der Waals surface area contributed by atoms with Gasteiger partial charge in [-0.1, -0.05) is 56.3 Å². The maximum Gasteiger partial charge on any atom is 0.274 e. The first-order valence-electron chi connectivity index (χ1n) is 10.00. The number of nitrogens with one attached hydrogen (secondary N) is 2. The van der Waals surface area contributed by atoms with Crippen LogP contribution in [0.15, 0.2) is 64.4 Å². The summed E-state index contributed by atoms with van der Waals surface area (Å²) in [6, 6.07) is 13.7. The fourth-order valence-electron chi connectivity index (χ4n) is 3.22. The van der Waals surface area contributed by atoms with Crippen LogP contribution < -0.4 is 21.3 Å². The highest BCUT2D eigenvalue weighted by Crippen LogP contribution is 2.20. The van der Waals surface area contributed by atoms with E-state index in [4.69, 9.17) is 0 Å². The van der Waals surface area contributed by atoms with Crippen molar-refractivity contribution in [1.29, 1.82) is 0 Å². The molecule has 0 saturated carbocycles. The second-order valence-corrected chi connectivity index (χ2v) is 7.44. The van der Waals surface area contributed by atoms with Crippen molar-refractivity contribution in [2.24, 2.45) is 0 Å². The van der Waals surface area contributed by atoms with Crippen LogP contribution in [0.3, 0.4) is 0 Å². The molecule has 0 amide bonds. The average Bonchev–Trinajstić information content (AvgIpc) is 3.40. The zero-order valence-electron chi connectivity index (χ0n) is 16.9. The van der Waals surface area contributed by atoms with E-state index in [1.807, 2.05) is 43.5 Å². The first kappa shape index (κ1) is 19.8. The summed E-state index contributed by atoms with van der Waals surface area (Å²) in [6.45, 7) is 4.46. The number of benzene rings is 1. The highest BCUT2D eigenvalue weighted by molar-refractivity contribution is 7.13. The summed E-state index contributed by atoms with van der Waals surface area (Å²) in [5.74, 6) is 1.03. The summed E-state index contributed by atoms with van der Waals surface area (Å²) in [4.78, 5) is 22.4. The van der Waals surface area contributed by atoms with Crippen LogP contribution in [0.5, 0.6) is 0 Å². The fourth-order valence-corrected chi connectivity index (χ4v) is 3.89. The van der Waals surface area contributed by atoms with Gasteiger partial charge in [0.1, 0.15) is 0 Å². The lowest BCUT2D eigenvalue weighted by atomic mass is 10.2. The van der Waals surface area contributed by atoms with Gasteiger partial charge in [-0.3, -0.25) is 9.89 Å². The van der Waals surface area contributed by atoms with Crippen LogP contribution in [0.4, 0.5) is 0 Å². The molecule has 2 N–H and O–H groups in total. The Balaban J connectivity index is 0.00000106. The van der Waals surface area contributed by atoms with Crippen molar-refractivity contribution in [2.75, 3.05) is 0 Å². The van der Waals surface area contributed by atoms with Gasteiger partial charge in [-0.25, -0.2) is 4.98 Å².